The molecule has 0 fully saturated rings. The number of anilines is 2. The normalized spacial score (nSPS) is 10.5. The molecular formula is C11H15N5. The molecule has 0 aliphatic carbocycles. The van der Waals surface area contributed by atoms with E-state index >= 15 is 0 Å². The van der Waals surface area contributed by atoms with Gasteiger partial charge in [-0.05, 0) is 36.6 Å². The van der Waals surface area contributed by atoms with Gasteiger partial charge >= 0.3 is 0 Å². The Kier molecular flexibility index (Phi) is 3.05. The van der Waals surface area contributed by atoms with Crippen molar-refractivity contribution < 1.29 is 0 Å². The molecule has 0 spiro atoms. The van der Waals surface area contributed by atoms with Gasteiger partial charge in [-0.25, -0.2) is 4.98 Å². The molecule has 1 aromatic carbocycles. The Balaban J connectivity index is 1.92. The molecule has 2 rings (SSSR count). The Morgan fingerprint density at radius 2 is 2.12 bits per heavy atom. The van der Waals surface area contributed by atoms with Crippen molar-refractivity contribution in [3.05, 3.63) is 36.4 Å². The Morgan fingerprint density at radius 1 is 1.25 bits per heavy atom. The highest BCUT2D eigenvalue weighted by Gasteiger charge is 2.00. The molecule has 0 radical (unpaired) electrons. The molecular weight excluding hydrogens is 202 g/mol. The standard InChI is InChI=1S/C11H15N5/c12-10-3-4-11(13)9(6-10)2-1-5-16-8-14-7-15-16/h3-4,6-8H,1-2,5,12-13H2. The van der Waals surface area contributed by atoms with Crippen LogP contribution >= 0.6 is 0 Å². The molecule has 0 saturated heterocycles. The minimum absolute atomic E-state index is 0.755. The summed E-state index contributed by atoms with van der Waals surface area (Å²) in [6.07, 6.45) is 5.12. The number of nitrogens with two attached hydrogens (primary N) is 2. The molecule has 0 atom stereocenters. The molecule has 0 aliphatic rings. The van der Waals surface area contributed by atoms with Crippen LogP contribution in [-0.2, 0) is 13.0 Å². The van der Waals surface area contributed by atoms with Crippen molar-refractivity contribution in [3.63, 3.8) is 0 Å². The lowest BCUT2D eigenvalue weighted by Gasteiger charge is -2.06. The average molecular weight is 217 g/mol. The summed E-state index contributed by atoms with van der Waals surface area (Å²) in [5.74, 6) is 0. The second kappa shape index (κ2) is 4.65. The van der Waals surface area contributed by atoms with E-state index in [1.54, 1.807) is 6.33 Å². The minimum Gasteiger partial charge on any atom is -0.399 e. The highest BCUT2D eigenvalue weighted by atomic mass is 15.3. The number of aryl methyl sites for hydroxylation is 2. The minimum atomic E-state index is 0.755. The Hall–Kier alpha value is -2.04. The Labute approximate surface area is 94.1 Å². The zero-order valence-corrected chi connectivity index (χ0v) is 9.00. The fraction of sp³-hybridized carbons (Fsp3) is 0.273. The molecule has 5 nitrogen and oxygen atoms in total. The maximum atomic E-state index is 5.86. The second-order valence-electron chi connectivity index (χ2n) is 3.72. The van der Waals surface area contributed by atoms with Crippen molar-refractivity contribution in [2.24, 2.45) is 0 Å². The van der Waals surface area contributed by atoms with E-state index in [0.29, 0.717) is 0 Å². The summed E-state index contributed by atoms with van der Waals surface area (Å²) in [4.78, 5) is 3.89. The molecule has 2 aromatic rings. The van der Waals surface area contributed by atoms with E-state index in [4.69, 9.17) is 11.5 Å². The van der Waals surface area contributed by atoms with Gasteiger partial charge < -0.3 is 11.5 Å². The van der Waals surface area contributed by atoms with Gasteiger partial charge in [0.15, 0.2) is 0 Å². The summed E-state index contributed by atoms with van der Waals surface area (Å²) < 4.78 is 1.81. The SMILES string of the molecule is Nc1ccc(N)c(CCCn2cncn2)c1. The van der Waals surface area contributed by atoms with Gasteiger partial charge in [-0.1, -0.05) is 0 Å². The predicted molar refractivity (Wildman–Crippen MR) is 63.6 cm³/mol. The van der Waals surface area contributed by atoms with E-state index in [0.717, 1.165) is 36.3 Å². The summed E-state index contributed by atoms with van der Waals surface area (Å²) in [5.41, 5.74) is 14.2. The number of aromatic nitrogens is 3. The number of nitrogens with zero attached hydrogens (tertiary/aromatic N) is 3. The zero-order valence-electron chi connectivity index (χ0n) is 9.00. The summed E-state index contributed by atoms with van der Waals surface area (Å²) in [7, 11) is 0. The third kappa shape index (κ3) is 2.50. The molecule has 0 unspecified atom stereocenters. The van der Waals surface area contributed by atoms with E-state index in [1.807, 2.05) is 22.9 Å². The highest BCUT2D eigenvalue weighted by molar-refractivity contribution is 5.55. The molecule has 4 N–H and O–H groups in total. The van der Waals surface area contributed by atoms with Crippen LogP contribution in [0.15, 0.2) is 30.9 Å². The average Bonchev–Trinajstić information content (AvgIpc) is 2.76. The van der Waals surface area contributed by atoms with Gasteiger partial charge in [-0.15, -0.1) is 0 Å². The van der Waals surface area contributed by atoms with Gasteiger partial charge in [0.1, 0.15) is 12.7 Å². The van der Waals surface area contributed by atoms with Crippen LogP contribution in [0.2, 0.25) is 0 Å². The quantitative estimate of drug-likeness (QED) is 0.750. The Morgan fingerprint density at radius 3 is 2.88 bits per heavy atom. The van der Waals surface area contributed by atoms with Gasteiger partial charge in [-0.3, -0.25) is 4.68 Å². The molecule has 5 heteroatoms. The first-order chi connectivity index (χ1) is 7.75. The lowest BCUT2D eigenvalue weighted by molar-refractivity contribution is 0.578. The van der Waals surface area contributed by atoms with Crippen molar-refractivity contribution in [3.8, 4) is 0 Å². The van der Waals surface area contributed by atoms with E-state index in [2.05, 4.69) is 10.1 Å². The third-order valence-corrected chi connectivity index (χ3v) is 2.47. The van der Waals surface area contributed by atoms with Crippen LogP contribution in [0.25, 0.3) is 0 Å². The molecule has 0 aliphatic heterocycles. The first-order valence-electron chi connectivity index (χ1n) is 5.22. The largest absolute Gasteiger partial charge is 0.399 e. The van der Waals surface area contributed by atoms with Crippen molar-refractivity contribution in [1.82, 2.24) is 14.8 Å². The topological polar surface area (TPSA) is 82.8 Å². The van der Waals surface area contributed by atoms with Crippen LogP contribution in [0, 0.1) is 0 Å². The smallest absolute Gasteiger partial charge is 0.137 e. The van der Waals surface area contributed by atoms with Gasteiger partial charge in [0.2, 0.25) is 0 Å². The number of hydrogen-bond donors (Lipinski definition) is 2. The van der Waals surface area contributed by atoms with Crippen LogP contribution < -0.4 is 11.5 Å². The Bertz CT molecular complexity index is 449. The summed E-state index contributed by atoms with van der Waals surface area (Å²) in [6.45, 7) is 0.842. The van der Waals surface area contributed by atoms with Gasteiger partial charge in [0, 0.05) is 17.9 Å². The number of hydrogen-bond acceptors (Lipinski definition) is 4. The molecule has 1 aromatic heterocycles. The fourth-order valence-electron chi connectivity index (χ4n) is 1.62. The van der Waals surface area contributed by atoms with Gasteiger partial charge in [0.25, 0.3) is 0 Å². The molecule has 0 bridgehead atoms. The van der Waals surface area contributed by atoms with E-state index in [1.165, 1.54) is 6.33 Å². The third-order valence-electron chi connectivity index (χ3n) is 2.47. The molecule has 0 saturated carbocycles. The molecule has 16 heavy (non-hydrogen) atoms. The van der Waals surface area contributed by atoms with E-state index < -0.39 is 0 Å². The van der Waals surface area contributed by atoms with Crippen molar-refractivity contribution in [1.29, 1.82) is 0 Å². The number of rotatable bonds is 4. The first-order valence-corrected chi connectivity index (χ1v) is 5.22. The monoisotopic (exact) mass is 217 g/mol. The van der Waals surface area contributed by atoms with E-state index in [9.17, 15) is 0 Å². The second-order valence-corrected chi connectivity index (χ2v) is 3.72. The number of benzene rings is 1. The lowest BCUT2D eigenvalue weighted by Crippen LogP contribution is -2.02. The fourth-order valence-corrected chi connectivity index (χ4v) is 1.62. The zero-order chi connectivity index (χ0) is 11.4. The van der Waals surface area contributed by atoms with Crippen molar-refractivity contribution in [2.45, 2.75) is 19.4 Å². The summed E-state index contributed by atoms with van der Waals surface area (Å²) >= 11 is 0. The van der Waals surface area contributed by atoms with E-state index in [-0.39, 0.29) is 0 Å². The van der Waals surface area contributed by atoms with Crippen LogP contribution in [0.1, 0.15) is 12.0 Å². The van der Waals surface area contributed by atoms with Crippen LogP contribution in [0.4, 0.5) is 11.4 Å². The molecule has 0 amide bonds. The number of nitrogen functional groups attached to an aromatic ring is 2. The maximum absolute atomic E-state index is 5.86. The summed E-state index contributed by atoms with van der Waals surface area (Å²) in [5, 5.41) is 4.04. The van der Waals surface area contributed by atoms with Crippen LogP contribution in [0.5, 0.6) is 0 Å². The summed E-state index contributed by atoms with van der Waals surface area (Å²) in [6, 6.07) is 5.59. The van der Waals surface area contributed by atoms with Gasteiger partial charge in [-0.2, -0.15) is 5.10 Å². The molecule has 1 heterocycles. The molecule has 84 valence electrons. The first kappa shape index (κ1) is 10.5. The van der Waals surface area contributed by atoms with Crippen LogP contribution in [0.3, 0.4) is 0 Å². The van der Waals surface area contributed by atoms with Crippen LogP contribution in [-0.4, -0.2) is 14.8 Å². The highest BCUT2D eigenvalue weighted by Crippen LogP contribution is 2.17. The van der Waals surface area contributed by atoms with Crippen molar-refractivity contribution in [2.75, 3.05) is 11.5 Å². The van der Waals surface area contributed by atoms with Gasteiger partial charge in [0.05, 0.1) is 0 Å². The maximum Gasteiger partial charge on any atom is 0.137 e. The lowest BCUT2D eigenvalue weighted by atomic mass is 10.1. The van der Waals surface area contributed by atoms with Crippen molar-refractivity contribution >= 4 is 11.4 Å². The predicted octanol–water partition coefficient (Wildman–Crippen LogP) is 1.08.